The fourth-order valence-electron chi connectivity index (χ4n) is 5.20. The molecule has 4 heteroatoms. The van der Waals surface area contributed by atoms with Crippen molar-refractivity contribution < 1.29 is 0 Å². The van der Waals surface area contributed by atoms with Crippen molar-refractivity contribution in [2.75, 3.05) is 0 Å². The van der Waals surface area contributed by atoms with Crippen molar-refractivity contribution in [3.63, 3.8) is 0 Å². The van der Waals surface area contributed by atoms with Gasteiger partial charge in [-0.3, -0.25) is 0 Å². The number of hydrogen-bond acceptors (Lipinski definition) is 1. The molecule has 40 heavy (non-hydrogen) atoms. The van der Waals surface area contributed by atoms with Crippen molar-refractivity contribution in [1.82, 2.24) is 9.55 Å². The van der Waals surface area contributed by atoms with Gasteiger partial charge in [-0.05, 0) is 41.2 Å². The van der Waals surface area contributed by atoms with E-state index < -0.39 is 9.52 Å². The average molecular weight is 537 g/mol. The predicted molar refractivity (Wildman–Crippen MR) is 174 cm³/mol. The van der Waals surface area contributed by atoms with Gasteiger partial charge < -0.3 is 4.57 Å². The molecule has 0 spiro atoms. The molecule has 0 saturated heterocycles. The lowest BCUT2D eigenvalue weighted by Gasteiger charge is -2.37. The van der Waals surface area contributed by atoms with E-state index in [1.807, 2.05) is 48.9 Å². The van der Waals surface area contributed by atoms with E-state index in [4.69, 9.17) is 7.85 Å². The highest BCUT2D eigenvalue weighted by molar-refractivity contribution is 6.41. The molecular weight excluding hydrogens is 499 g/mol. The van der Waals surface area contributed by atoms with Gasteiger partial charge in [-0.25, -0.2) is 4.98 Å². The summed E-state index contributed by atoms with van der Waals surface area (Å²) >= 11 is 0. The normalized spacial score (nSPS) is 11.3. The first-order chi connectivity index (χ1) is 19.8. The van der Waals surface area contributed by atoms with E-state index in [0.717, 1.165) is 16.7 Å². The second-order valence-electron chi connectivity index (χ2n) is 9.69. The van der Waals surface area contributed by atoms with Crippen LogP contribution in [0.15, 0.2) is 158 Å². The molecule has 0 fully saturated rings. The first-order valence-electron chi connectivity index (χ1n) is 14.0. The van der Waals surface area contributed by atoms with Gasteiger partial charge >= 0.3 is 0 Å². The molecule has 1 aromatic heterocycles. The summed E-state index contributed by atoms with van der Waals surface area (Å²) in [6, 6.07) is 43.5. The van der Waals surface area contributed by atoms with Crippen molar-refractivity contribution >= 4 is 22.9 Å². The number of unbranched alkanes of at least 4 members (excludes halogenated alkanes) is 1. The molecule has 0 aliphatic heterocycles. The maximum absolute atomic E-state index is 5.67. The Morgan fingerprint density at radius 2 is 1.27 bits per heavy atom. The quantitative estimate of drug-likeness (QED) is 0.101. The number of nitrogens with zero attached hydrogens (tertiary/aromatic N) is 2. The summed E-state index contributed by atoms with van der Waals surface area (Å²) in [5, 5.41) is -0.0745. The SMILES string of the molecule is CC=CCCC[SiH2]C(c1ccccc1)(c1ccccc1)n1ccnc1.[B]C=C(c1ccccc1)c1ccccc1. The summed E-state index contributed by atoms with van der Waals surface area (Å²) < 4.78 is 2.33. The van der Waals surface area contributed by atoms with Crippen LogP contribution in [-0.4, -0.2) is 26.9 Å². The molecular formula is C36H37BN2Si. The Hall–Kier alpha value is -4.15. The van der Waals surface area contributed by atoms with E-state index in [-0.39, 0.29) is 5.16 Å². The third-order valence-electron chi connectivity index (χ3n) is 7.18. The van der Waals surface area contributed by atoms with Crippen LogP contribution in [0.2, 0.25) is 6.04 Å². The van der Waals surface area contributed by atoms with E-state index >= 15 is 0 Å². The molecule has 1 heterocycles. The van der Waals surface area contributed by atoms with Gasteiger partial charge in [0.05, 0.1) is 21.0 Å². The van der Waals surface area contributed by atoms with Crippen molar-refractivity contribution in [1.29, 1.82) is 0 Å². The van der Waals surface area contributed by atoms with Crippen LogP contribution >= 0.6 is 0 Å². The van der Waals surface area contributed by atoms with E-state index in [0.29, 0.717) is 0 Å². The van der Waals surface area contributed by atoms with Gasteiger partial charge in [0.2, 0.25) is 0 Å². The minimum atomic E-state index is -0.486. The summed E-state index contributed by atoms with van der Waals surface area (Å²) in [6.07, 6.45) is 12.9. The van der Waals surface area contributed by atoms with Gasteiger partial charge in [-0.1, -0.05) is 146 Å². The van der Waals surface area contributed by atoms with Crippen molar-refractivity contribution in [3.05, 3.63) is 180 Å². The monoisotopic (exact) mass is 536 g/mol. The second-order valence-corrected chi connectivity index (χ2v) is 11.9. The van der Waals surface area contributed by atoms with E-state index in [1.54, 1.807) is 5.98 Å². The highest BCUT2D eigenvalue weighted by atomic mass is 28.2. The van der Waals surface area contributed by atoms with Gasteiger partial charge in [-0.15, -0.1) is 5.98 Å². The molecule has 0 amide bonds. The lowest BCUT2D eigenvalue weighted by Crippen LogP contribution is -2.41. The molecule has 198 valence electrons. The molecule has 0 bridgehead atoms. The molecule has 0 aliphatic rings. The van der Waals surface area contributed by atoms with Crippen LogP contribution in [0.5, 0.6) is 0 Å². The maximum atomic E-state index is 5.67. The molecule has 0 atom stereocenters. The Bertz CT molecular complexity index is 1350. The van der Waals surface area contributed by atoms with Crippen LogP contribution in [0.25, 0.3) is 5.57 Å². The Morgan fingerprint density at radius 1 is 0.775 bits per heavy atom. The Kier molecular flexibility index (Phi) is 11.1. The Balaban J connectivity index is 0.000000210. The average Bonchev–Trinajstić information content (AvgIpc) is 3.57. The highest BCUT2D eigenvalue weighted by Crippen LogP contribution is 2.34. The van der Waals surface area contributed by atoms with Gasteiger partial charge in [0.15, 0.2) is 0 Å². The van der Waals surface area contributed by atoms with Gasteiger partial charge in [0, 0.05) is 12.4 Å². The fourth-order valence-corrected chi connectivity index (χ4v) is 7.74. The van der Waals surface area contributed by atoms with Crippen LogP contribution in [0, 0.1) is 0 Å². The first-order valence-corrected chi connectivity index (χ1v) is 15.7. The Labute approximate surface area is 243 Å². The molecule has 2 nitrogen and oxygen atoms in total. The summed E-state index contributed by atoms with van der Waals surface area (Å²) in [4.78, 5) is 4.37. The van der Waals surface area contributed by atoms with Crippen LogP contribution in [0.1, 0.15) is 42.0 Å². The van der Waals surface area contributed by atoms with Crippen LogP contribution in [0.4, 0.5) is 0 Å². The molecule has 0 unspecified atom stereocenters. The van der Waals surface area contributed by atoms with Crippen molar-refractivity contribution in [2.45, 2.75) is 31.0 Å². The minimum absolute atomic E-state index is 0.0745. The van der Waals surface area contributed by atoms with Gasteiger partial charge in [-0.2, -0.15) is 0 Å². The number of aromatic nitrogens is 2. The summed E-state index contributed by atoms with van der Waals surface area (Å²) in [5.74, 6) is 1.66. The second kappa shape index (κ2) is 15.4. The maximum Gasteiger partial charge on any atom is 0.103 e. The number of rotatable bonds is 10. The standard InChI is InChI=1S/C22H26N2Si.C14H11B/c1-2-3-4-11-18-25-22(24-17-16-23-19-24,20-12-7-5-8-13-20)21-14-9-6-10-15-21;15-11-14(12-7-3-1-4-8-12)13-9-5-2-6-10-13/h2-3,5-10,12-17,19H,4,11,18,25H2,1H3;1-11H. The minimum Gasteiger partial charge on any atom is -0.327 e. The zero-order valence-electron chi connectivity index (χ0n) is 23.3. The predicted octanol–water partition coefficient (Wildman–Crippen LogP) is 7.82. The third-order valence-corrected chi connectivity index (χ3v) is 9.94. The lowest BCUT2D eigenvalue weighted by molar-refractivity contribution is 0.589. The number of allylic oxidation sites excluding steroid dienone is 2. The van der Waals surface area contributed by atoms with Gasteiger partial charge in [0.1, 0.15) is 7.85 Å². The van der Waals surface area contributed by atoms with Crippen LogP contribution < -0.4 is 0 Å². The van der Waals surface area contributed by atoms with Gasteiger partial charge in [0.25, 0.3) is 0 Å². The molecule has 0 N–H and O–H groups in total. The summed E-state index contributed by atoms with van der Waals surface area (Å²) in [7, 11) is 5.19. The fraction of sp³-hybridized carbons (Fsp3) is 0.139. The smallest absolute Gasteiger partial charge is 0.103 e. The molecule has 4 aromatic carbocycles. The number of hydrogen-bond donors (Lipinski definition) is 0. The molecule has 5 aromatic rings. The van der Waals surface area contributed by atoms with Crippen LogP contribution in [-0.2, 0) is 5.16 Å². The zero-order valence-corrected chi connectivity index (χ0v) is 24.7. The summed E-state index contributed by atoms with van der Waals surface area (Å²) in [6.45, 7) is 2.10. The Morgan fingerprint density at radius 3 is 1.70 bits per heavy atom. The number of imidazole rings is 1. The lowest BCUT2D eigenvalue weighted by atomic mass is 9.92. The molecule has 0 saturated carbocycles. The molecule has 2 radical (unpaired) electrons. The molecule has 0 aliphatic carbocycles. The van der Waals surface area contributed by atoms with E-state index in [2.05, 4.69) is 120 Å². The van der Waals surface area contributed by atoms with E-state index in [1.165, 1.54) is 30.0 Å². The largest absolute Gasteiger partial charge is 0.327 e. The number of benzene rings is 4. The summed E-state index contributed by atoms with van der Waals surface area (Å²) in [5.41, 5.74) is 6.10. The topological polar surface area (TPSA) is 17.8 Å². The van der Waals surface area contributed by atoms with Crippen LogP contribution in [0.3, 0.4) is 0 Å². The van der Waals surface area contributed by atoms with E-state index in [9.17, 15) is 0 Å². The molecule has 5 rings (SSSR count). The zero-order chi connectivity index (χ0) is 27.9. The first kappa shape index (κ1) is 28.8. The highest BCUT2D eigenvalue weighted by Gasteiger charge is 2.35. The van der Waals surface area contributed by atoms with Crippen molar-refractivity contribution in [3.8, 4) is 0 Å². The van der Waals surface area contributed by atoms with Crippen molar-refractivity contribution in [2.24, 2.45) is 0 Å². The third kappa shape index (κ3) is 7.28.